The summed E-state index contributed by atoms with van der Waals surface area (Å²) in [5.41, 5.74) is 3.85. The van der Waals surface area contributed by atoms with E-state index in [0.717, 1.165) is 5.52 Å². The molecular weight excluding hydrogens is 208 g/mol. The summed E-state index contributed by atoms with van der Waals surface area (Å²) in [6.45, 7) is 4.59. The predicted octanol–water partition coefficient (Wildman–Crippen LogP) is 3.53. The van der Waals surface area contributed by atoms with E-state index in [4.69, 9.17) is 0 Å². The predicted molar refractivity (Wildman–Crippen MR) is 72.5 cm³/mol. The molecule has 2 nitrogen and oxygen atoms in total. The van der Waals surface area contributed by atoms with Gasteiger partial charge in [-0.05, 0) is 49.9 Å². The number of fused-ring (bicyclic) bond motifs is 1. The monoisotopic (exact) mass is 226 g/mol. The molecule has 2 aromatic rings. The number of anilines is 1. The molecule has 0 amide bonds. The fraction of sp³-hybridized carbons (Fsp3) is 0.400. The van der Waals surface area contributed by atoms with Gasteiger partial charge in [0.15, 0.2) is 0 Å². The summed E-state index contributed by atoms with van der Waals surface area (Å²) in [7, 11) is 0. The van der Waals surface area contributed by atoms with E-state index in [2.05, 4.69) is 35.0 Å². The Labute approximate surface area is 102 Å². The van der Waals surface area contributed by atoms with Crippen molar-refractivity contribution < 1.29 is 0 Å². The molecule has 0 atom stereocenters. The molecule has 1 saturated heterocycles. The van der Waals surface area contributed by atoms with E-state index >= 15 is 0 Å². The van der Waals surface area contributed by atoms with Crippen molar-refractivity contribution in [1.82, 2.24) is 4.98 Å². The van der Waals surface area contributed by atoms with Gasteiger partial charge in [-0.15, -0.1) is 0 Å². The summed E-state index contributed by atoms with van der Waals surface area (Å²) < 4.78 is 0. The van der Waals surface area contributed by atoms with Crippen molar-refractivity contribution in [1.29, 1.82) is 0 Å². The van der Waals surface area contributed by atoms with Crippen LogP contribution in [0.2, 0.25) is 0 Å². The molecule has 0 N–H and O–H groups in total. The number of hydrogen-bond donors (Lipinski definition) is 0. The summed E-state index contributed by atoms with van der Waals surface area (Å²) in [4.78, 5) is 6.96. The molecule has 0 saturated carbocycles. The SMILES string of the molecule is Cc1cc2cccnc2cc1N1CCCCC1. The van der Waals surface area contributed by atoms with Crippen molar-refractivity contribution in [3.8, 4) is 0 Å². The molecule has 88 valence electrons. The molecule has 1 fully saturated rings. The normalized spacial score (nSPS) is 16.4. The molecule has 2 heteroatoms. The molecule has 1 aromatic heterocycles. The largest absolute Gasteiger partial charge is 0.371 e. The summed E-state index contributed by atoms with van der Waals surface area (Å²) >= 11 is 0. The van der Waals surface area contributed by atoms with Crippen LogP contribution in [-0.4, -0.2) is 18.1 Å². The van der Waals surface area contributed by atoms with Crippen LogP contribution in [0.5, 0.6) is 0 Å². The minimum Gasteiger partial charge on any atom is -0.371 e. The maximum Gasteiger partial charge on any atom is 0.0722 e. The smallest absolute Gasteiger partial charge is 0.0722 e. The third-order valence-electron chi connectivity index (χ3n) is 3.62. The van der Waals surface area contributed by atoms with E-state index in [9.17, 15) is 0 Å². The van der Waals surface area contributed by atoms with Crippen LogP contribution in [0.3, 0.4) is 0 Å². The van der Waals surface area contributed by atoms with E-state index in [-0.39, 0.29) is 0 Å². The molecule has 0 unspecified atom stereocenters. The molecule has 0 spiro atoms. The van der Waals surface area contributed by atoms with E-state index in [0.29, 0.717) is 0 Å². The number of pyridine rings is 1. The quantitative estimate of drug-likeness (QED) is 0.739. The van der Waals surface area contributed by atoms with Gasteiger partial charge in [0.2, 0.25) is 0 Å². The van der Waals surface area contributed by atoms with Crippen molar-refractivity contribution in [2.75, 3.05) is 18.0 Å². The molecule has 1 aromatic carbocycles. The van der Waals surface area contributed by atoms with Gasteiger partial charge in [0.25, 0.3) is 0 Å². The average Bonchev–Trinajstić information content (AvgIpc) is 2.39. The highest BCUT2D eigenvalue weighted by Crippen LogP contribution is 2.27. The topological polar surface area (TPSA) is 16.1 Å². The van der Waals surface area contributed by atoms with Crippen LogP contribution in [0.25, 0.3) is 10.9 Å². The van der Waals surface area contributed by atoms with Crippen LogP contribution in [-0.2, 0) is 0 Å². The van der Waals surface area contributed by atoms with Gasteiger partial charge >= 0.3 is 0 Å². The van der Waals surface area contributed by atoms with Crippen molar-refractivity contribution in [2.45, 2.75) is 26.2 Å². The highest BCUT2D eigenvalue weighted by atomic mass is 15.1. The van der Waals surface area contributed by atoms with Crippen molar-refractivity contribution in [3.63, 3.8) is 0 Å². The Balaban J connectivity index is 2.06. The molecule has 3 rings (SSSR count). The second-order valence-corrected chi connectivity index (χ2v) is 4.88. The molecule has 0 bridgehead atoms. The Morgan fingerprint density at radius 1 is 1.12 bits per heavy atom. The highest BCUT2D eigenvalue weighted by molar-refractivity contribution is 5.84. The maximum absolute atomic E-state index is 4.45. The number of aryl methyl sites for hydroxylation is 1. The maximum atomic E-state index is 4.45. The highest BCUT2D eigenvalue weighted by Gasteiger charge is 2.13. The molecule has 0 aliphatic carbocycles. The second kappa shape index (κ2) is 4.36. The zero-order valence-electron chi connectivity index (χ0n) is 10.3. The Morgan fingerprint density at radius 2 is 1.94 bits per heavy atom. The second-order valence-electron chi connectivity index (χ2n) is 4.88. The van der Waals surface area contributed by atoms with Gasteiger partial charge in [-0.25, -0.2) is 0 Å². The molecule has 1 aliphatic rings. The van der Waals surface area contributed by atoms with Gasteiger partial charge in [-0.2, -0.15) is 0 Å². The molecule has 0 radical (unpaired) electrons. The minimum atomic E-state index is 1.11. The number of nitrogens with zero attached hydrogens (tertiary/aromatic N) is 2. The van der Waals surface area contributed by atoms with E-state index in [1.165, 1.54) is 49.0 Å². The first-order chi connectivity index (χ1) is 8.34. The average molecular weight is 226 g/mol. The molecule has 2 heterocycles. The summed E-state index contributed by atoms with van der Waals surface area (Å²) in [6.07, 6.45) is 5.89. The first-order valence-electron chi connectivity index (χ1n) is 6.45. The van der Waals surface area contributed by atoms with Crippen molar-refractivity contribution in [3.05, 3.63) is 36.0 Å². The van der Waals surface area contributed by atoms with Gasteiger partial charge in [-0.1, -0.05) is 6.07 Å². The fourth-order valence-corrected chi connectivity index (χ4v) is 2.70. The summed E-state index contributed by atoms with van der Waals surface area (Å²) in [6, 6.07) is 8.64. The number of piperidine rings is 1. The first-order valence-corrected chi connectivity index (χ1v) is 6.45. The Bertz CT molecular complexity index is 527. The third-order valence-corrected chi connectivity index (χ3v) is 3.62. The Kier molecular flexibility index (Phi) is 2.71. The van der Waals surface area contributed by atoms with Crippen LogP contribution in [0.15, 0.2) is 30.5 Å². The number of aromatic nitrogens is 1. The van der Waals surface area contributed by atoms with Gasteiger partial charge in [0, 0.05) is 30.4 Å². The van der Waals surface area contributed by atoms with Gasteiger partial charge in [-0.3, -0.25) is 4.98 Å². The molecule has 17 heavy (non-hydrogen) atoms. The lowest BCUT2D eigenvalue weighted by Gasteiger charge is -2.30. The Hall–Kier alpha value is -1.57. The summed E-state index contributed by atoms with van der Waals surface area (Å²) in [5, 5.41) is 1.24. The van der Waals surface area contributed by atoms with E-state index < -0.39 is 0 Å². The van der Waals surface area contributed by atoms with Crippen LogP contribution in [0, 0.1) is 6.92 Å². The van der Waals surface area contributed by atoms with Crippen LogP contribution in [0.1, 0.15) is 24.8 Å². The van der Waals surface area contributed by atoms with Crippen LogP contribution >= 0.6 is 0 Å². The number of benzene rings is 1. The van der Waals surface area contributed by atoms with Crippen molar-refractivity contribution >= 4 is 16.6 Å². The number of hydrogen-bond acceptors (Lipinski definition) is 2. The van der Waals surface area contributed by atoms with Gasteiger partial charge in [0.05, 0.1) is 5.52 Å². The zero-order chi connectivity index (χ0) is 11.7. The lowest BCUT2D eigenvalue weighted by Crippen LogP contribution is -2.29. The minimum absolute atomic E-state index is 1.11. The van der Waals surface area contributed by atoms with Gasteiger partial charge < -0.3 is 4.90 Å². The number of rotatable bonds is 1. The zero-order valence-corrected chi connectivity index (χ0v) is 10.3. The van der Waals surface area contributed by atoms with Crippen LogP contribution < -0.4 is 4.90 Å². The fourth-order valence-electron chi connectivity index (χ4n) is 2.70. The van der Waals surface area contributed by atoms with E-state index in [1.807, 2.05) is 12.3 Å². The lowest BCUT2D eigenvalue weighted by atomic mass is 10.1. The lowest BCUT2D eigenvalue weighted by molar-refractivity contribution is 0.577. The third kappa shape index (κ3) is 1.99. The van der Waals surface area contributed by atoms with Gasteiger partial charge in [0.1, 0.15) is 0 Å². The van der Waals surface area contributed by atoms with E-state index in [1.54, 1.807) is 0 Å². The molecular formula is C15H18N2. The standard InChI is InChI=1S/C15H18N2/c1-12-10-13-6-5-7-16-14(13)11-15(12)17-8-3-2-4-9-17/h5-7,10-11H,2-4,8-9H2,1H3. The van der Waals surface area contributed by atoms with Crippen molar-refractivity contribution in [2.24, 2.45) is 0 Å². The first kappa shape index (κ1) is 10.6. The Morgan fingerprint density at radius 3 is 2.76 bits per heavy atom. The molecule has 1 aliphatic heterocycles. The summed E-state index contributed by atoms with van der Waals surface area (Å²) in [5.74, 6) is 0. The van der Waals surface area contributed by atoms with Crippen LogP contribution in [0.4, 0.5) is 5.69 Å².